The number of aromatic amines is 1. The van der Waals surface area contributed by atoms with Gasteiger partial charge in [-0.05, 0) is 55.8 Å². The molecule has 2 heterocycles. The summed E-state index contributed by atoms with van der Waals surface area (Å²) < 4.78 is 0. The number of aromatic nitrogens is 2. The van der Waals surface area contributed by atoms with E-state index in [1.165, 1.54) is 0 Å². The van der Waals surface area contributed by atoms with Crippen LogP contribution in [0.25, 0.3) is 11.0 Å². The summed E-state index contributed by atoms with van der Waals surface area (Å²) in [6.07, 6.45) is 3.37. The Kier molecular flexibility index (Phi) is 6.84. The number of anilines is 1. The maximum atomic E-state index is 12.9. The van der Waals surface area contributed by atoms with E-state index >= 15 is 0 Å². The molecule has 0 aliphatic heterocycles. The number of nitrogens with zero attached hydrogens (tertiary/aromatic N) is 2. The number of benzene rings is 2. The Morgan fingerprint density at radius 2 is 1.71 bits per heavy atom. The number of carbonyl (C=O) groups is 2. The number of nitrogens with one attached hydrogen (secondary N) is 3. The van der Waals surface area contributed by atoms with Crippen LogP contribution in [0.4, 0.5) is 5.69 Å². The van der Waals surface area contributed by atoms with E-state index in [1.807, 2.05) is 6.07 Å². The van der Waals surface area contributed by atoms with Gasteiger partial charge in [-0.15, -0.1) is 0 Å². The van der Waals surface area contributed by atoms with Gasteiger partial charge in [0.25, 0.3) is 5.91 Å². The molecule has 0 aliphatic rings. The number of pyridine rings is 1. The van der Waals surface area contributed by atoms with E-state index in [0.717, 1.165) is 10.9 Å². The highest BCUT2D eigenvalue weighted by Gasteiger charge is 2.29. The molecule has 0 unspecified atom stereocenters. The zero-order valence-electron chi connectivity index (χ0n) is 19.2. The second-order valence-corrected chi connectivity index (χ2v) is 8.93. The van der Waals surface area contributed by atoms with Gasteiger partial charge in [0.15, 0.2) is 0 Å². The lowest BCUT2D eigenvalue weighted by atomic mass is 9.83. The smallest absolute Gasteiger partial charge is 0.255 e. The van der Waals surface area contributed by atoms with Gasteiger partial charge in [-0.3, -0.25) is 9.59 Å². The van der Waals surface area contributed by atoms with Crippen molar-refractivity contribution in [2.24, 2.45) is 5.16 Å². The van der Waals surface area contributed by atoms with Crippen molar-refractivity contribution in [3.05, 3.63) is 94.8 Å². The number of rotatable bonds is 7. The molecule has 9 heteroatoms. The number of halogens is 1. The van der Waals surface area contributed by atoms with Gasteiger partial charge in [-0.2, -0.15) is 0 Å². The van der Waals surface area contributed by atoms with Gasteiger partial charge >= 0.3 is 0 Å². The maximum Gasteiger partial charge on any atom is 0.255 e. The molecule has 0 saturated carbocycles. The van der Waals surface area contributed by atoms with Crippen molar-refractivity contribution in [1.82, 2.24) is 15.3 Å². The molecule has 2 amide bonds. The van der Waals surface area contributed by atoms with Gasteiger partial charge in [0, 0.05) is 33.9 Å². The zero-order chi connectivity index (χ0) is 25.0. The summed E-state index contributed by atoms with van der Waals surface area (Å²) in [7, 11) is 0. The maximum absolute atomic E-state index is 12.9. The molecule has 35 heavy (non-hydrogen) atoms. The summed E-state index contributed by atoms with van der Waals surface area (Å²) in [6, 6.07) is 17.2. The minimum atomic E-state index is -0.815. The number of amides is 2. The predicted octanol–water partition coefficient (Wildman–Crippen LogP) is 4.74. The fraction of sp³-hybridized carbons (Fsp3) is 0.154. The first kappa shape index (κ1) is 24.0. The molecule has 0 fully saturated rings. The second-order valence-electron chi connectivity index (χ2n) is 8.49. The topological polar surface area (TPSA) is 119 Å². The van der Waals surface area contributed by atoms with E-state index in [9.17, 15) is 14.8 Å². The van der Waals surface area contributed by atoms with E-state index in [-0.39, 0.29) is 24.1 Å². The summed E-state index contributed by atoms with van der Waals surface area (Å²) in [5, 5.41) is 20.0. The monoisotopic (exact) mass is 489 g/mol. The second kappa shape index (κ2) is 9.99. The van der Waals surface area contributed by atoms with Gasteiger partial charge in [-0.25, -0.2) is 4.98 Å². The van der Waals surface area contributed by atoms with Gasteiger partial charge in [0.1, 0.15) is 11.4 Å². The highest BCUT2D eigenvalue weighted by atomic mass is 35.5. The van der Waals surface area contributed by atoms with Crippen LogP contribution in [-0.2, 0) is 10.2 Å². The average molecular weight is 490 g/mol. The van der Waals surface area contributed by atoms with Crippen molar-refractivity contribution in [1.29, 1.82) is 0 Å². The van der Waals surface area contributed by atoms with Crippen LogP contribution in [0.1, 0.15) is 35.3 Å². The molecule has 178 valence electrons. The number of fused-ring (bicyclic) bond motifs is 1. The van der Waals surface area contributed by atoms with Crippen LogP contribution in [0.5, 0.6) is 0 Å². The molecule has 0 aliphatic carbocycles. The predicted molar refractivity (Wildman–Crippen MR) is 136 cm³/mol. The third kappa shape index (κ3) is 5.17. The van der Waals surface area contributed by atoms with Crippen molar-refractivity contribution in [2.75, 3.05) is 11.9 Å². The standard InChI is InChI=1S/C26H24ClN5O3/c1-26(2,18-7-9-19(27)10-8-18)25(34)30-15-22(32-35)16-3-5-17(6-4-16)24(33)31-21-12-14-29-23-20(21)11-13-28-23/h3-14,35H,15H2,1-2H3,(H,30,34)(H2,28,29,31,33). The number of H-pyrrole nitrogens is 1. The lowest BCUT2D eigenvalue weighted by Gasteiger charge is -2.24. The van der Waals surface area contributed by atoms with Crippen LogP contribution in [-0.4, -0.2) is 39.2 Å². The highest BCUT2D eigenvalue weighted by molar-refractivity contribution is 6.30. The molecule has 4 rings (SSSR count). The largest absolute Gasteiger partial charge is 0.411 e. The Hall–Kier alpha value is -4.17. The Bertz CT molecular complexity index is 1390. The molecule has 4 N–H and O–H groups in total. The number of carbonyl (C=O) groups excluding carboxylic acids is 2. The van der Waals surface area contributed by atoms with E-state index in [0.29, 0.717) is 27.5 Å². The minimum absolute atomic E-state index is 0.0143. The van der Waals surface area contributed by atoms with E-state index in [2.05, 4.69) is 25.8 Å². The molecular formula is C26H24ClN5O3. The Morgan fingerprint density at radius 1 is 1.03 bits per heavy atom. The van der Waals surface area contributed by atoms with Gasteiger partial charge in [0.05, 0.1) is 17.6 Å². The first-order chi connectivity index (χ1) is 16.8. The van der Waals surface area contributed by atoms with Crippen molar-refractivity contribution >= 4 is 45.8 Å². The fourth-order valence-electron chi connectivity index (χ4n) is 3.66. The van der Waals surface area contributed by atoms with Crippen LogP contribution in [0.3, 0.4) is 0 Å². The molecule has 0 bridgehead atoms. The lowest BCUT2D eigenvalue weighted by molar-refractivity contribution is -0.125. The number of oxime groups is 1. The molecule has 0 radical (unpaired) electrons. The summed E-state index contributed by atoms with van der Waals surface area (Å²) in [5.41, 5.74) is 2.59. The van der Waals surface area contributed by atoms with Gasteiger partial charge < -0.3 is 20.8 Å². The molecule has 2 aromatic heterocycles. The highest BCUT2D eigenvalue weighted by Crippen LogP contribution is 2.25. The summed E-state index contributed by atoms with van der Waals surface area (Å²) in [5.74, 6) is -0.517. The van der Waals surface area contributed by atoms with Crippen molar-refractivity contribution < 1.29 is 14.8 Å². The Labute approximate surface area is 207 Å². The summed E-state index contributed by atoms with van der Waals surface area (Å²) in [4.78, 5) is 32.8. The molecule has 2 aromatic carbocycles. The first-order valence-corrected chi connectivity index (χ1v) is 11.3. The third-order valence-electron chi connectivity index (χ3n) is 5.86. The molecule has 8 nitrogen and oxygen atoms in total. The summed E-state index contributed by atoms with van der Waals surface area (Å²) >= 11 is 5.95. The summed E-state index contributed by atoms with van der Waals surface area (Å²) in [6.45, 7) is 3.62. The van der Waals surface area contributed by atoms with Crippen LogP contribution in [0.15, 0.2) is 78.2 Å². The van der Waals surface area contributed by atoms with E-state index in [1.54, 1.807) is 80.8 Å². The van der Waals surface area contributed by atoms with Gasteiger partial charge in [-0.1, -0.05) is 41.0 Å². The number of hydrogen-bond acceptors (Lipinski definition) is 5. The van der Waals surface area contributed by atoms with Crippen LogP contribution < -0.4 is 10.6 Å². The van der Waals surface area contributed by atoms with Crippen LogP contribution >= 0.6 is 11.6 Å². The minimum Gasteiger partial charge on any atom is -0.411 e. The van der Waals surface area contributed by atoms with Crippen molar-refractivity contribution in [3.8, 4) is 0 Å². The Balaban J connectivity index is 1.41. The third-order valence-corrected chi connectivity index (χ3v) is 6.11. The molecule has 0 saturated heterocycles. The lowest BCUT2D eigenvalue weighted by Crippen LogP contribution is -2.42. The number of hydrogen-bond donors (Lipinski definition) is 4. The van der Waals surface area contributed by atoms with Crippen molar-refractivity contribution in [2.45, 2.75) is 19.3 Å². The first-order valence-electron chi connectivity index (χ1n) is 10.9. The average Bonchev–Trinajstić information content (AvgIpc) is 3.35. The molecule has 4 aromatic rings. The van der Waals surface area contributed by atoms with E-state index < -0.39 is 5.41 Å². The quantitative estimate of drug-likeness (QED) is 0.170. The van der Waals surface area contributed by atoms with Crippen LogP contribution in [0.2, 0.25) is 5.02 Å². The molecular weight excluding hydrogens is 466 g/mol. The zero-order valence-corrected chi connectivity index (χ0v) is 19.9. The fourth-order valence-corrected chi connectivity index (χ4v) is 3.78. The Morgan fingerprint density at radius 3 is 2.40 bits per heavy atom. The normalized spacial score (nSPS) is 11.9. The van der Waals surface area contributed by atoms with Crippen molar-refractivity contribution in [3.63, 3.8) is 0 Å². The van der Waals surface area contributed by atoms with Gasteiger partial charge in [0.2, 0.25) is 5.91 Å². The molecule has 0 atom stereocenters. The van der Waals surface area contributed by atoms with Crippen LogP contribution in [0, 0.1) is 0 Å². The molecule has 0 spiro atoms. The SMILES string of the molecule is CC(C)(C(=O)NCC(=NO)c1ccc(C(=O)Nc2ccnc3[nH]ccc23)cc1)c1ccc(Cl)cc1. The van der Waals surface area contributed by atoms with E-state index in [4.69, 9.17) is 11.6 Å².